The normalized spacial score (nSPS) is 15.2. The van der Waals surface area contributed by atoms with Crippen molar-refractivity contribution in [1.82, 2.24) is 14.5 Å². The molecule has 1 amide bonds. The first kappa shape index (κ1) is 16.6. The lowest BCUT2D eigenvalue weighted by Crippen LogP contribution is -2.43. The number of carbonyl (C=O) groups excluding carboxylic acids is 1. The van der Waals surface area contributed by atoms with Gasteiger partial charge in [0.05, 0.1) is 12.8 Å². The minimum Gasteiger partial charge on any atom is -0.497 e. The van der Waals surface area contributed by atoms with Gasteiger partial charge < -0.3 is 9.64 Å². The molecule has 0 saturated heterocycles. The summed E-state index contributed by atoms with van der Waals surface area (Å²) in [5, 5.41) is 0. The van der Waals surface area contributed by atoms with Gasteiger partial charge in [-0.1, -0.05) is 31.4 Å². The molecule has 5 nitrogen and oxygen atoms in total. The van der Waals surface area contributed by atoms with Crippen molar-refractivity contribution < 1.29 is 9.53 Å². The summed E-state index contributed by atoms with van der Waals surface area (Å²) in [7, 11) is 1.64. The zero-order chi connectivity index (χ0) is 16.9. The van der Waals surface area contributed by atoms with Crippen molar-refractivity contribution in [2.45, 2.75) is 45.1 Å². The van der Waals surface area contributed by atoms with Crippen LogP contribution in [0.2, 0.25) is 0 Å². The van der Waals surface area contributed by atoms with Gasteiger partial charge >= 0.3 is 6.03 Å². The van der Waals surface area contributed by atoms with Crippen LogP contribution in [0.5, 0.6) is 5.75 Å². The van der Waals surface area contributed by atoms with E-state index in [0.29, 0.717) is 6.04 Å². The predicted octanol–water partition coefficient (Wildman–Crippen LogP) is 4.18. The van der Waals surface area contributed by atoms with Crippen LogP contribution in [0.1, 0.15) is 39.0 Å². The second kappa shape index (κ2) is 7.51. The van der Waals surface area contributed by atoms with Gasteiger partial charge in [0.15, 0.2) is 0 Å². The van der Waals surface area contributed by atoms with Gasteiger partial charge in [-0.25, -0.2) is 9.78 Å². The van der Waals surface area contributed by atoms with Gasteiger partial charge in [0.1, 0.15) is 12.1 Å². The molecule has 0 bridgehead atoms. The summed E-state index contributed by atoms with van der Waals surface area (Å²) < 4.78 is 6.86. The number of methoxy groups -OCH3 is 1. The largest absolute Gasteiger partial charge is 0.497 e. The molecule has 1 heterocycles. The van der Waals surface area contributed by atoms with E-state index in [1.165, 1.54) is 19.3 Å². The summed E-state index contributed by atoms with van der Waals surface area (Å²) in [5.74, 6) is 0.783. The molecule has 1 aliphatic rings. The Morgan fingerprint density at radius 2 is 2.12 bits per heavy atom. The number of aromatic nitrogens is 2. The van der Waals surface area contributed by atoms with E-state index in [2.05, 4.69) is 4.98 Å². The third kappa shape index (κ3) is 3.45. The fraction of sp³-hybridized carbons (Fsp3) is 0.474. The van der Waals surface area contributed by atoms with Crippen LogP contribution in [0, 0.1) is 0 Å². The predicted molar refractivity (Wildman–Crippen MR) is 94.3 cm³/mol. The third-order valence-electron chi connectivity index (χ3n) is 4.77. The first-order valence-electron chi connectivity index (χ1n) is 8.72. The van der Waals surface area contributed by atoms with Gasteiger partial charge in [0.2, 0.25) is 0 Å². The number of imidazole rings is 1. The maximum atomic E-state index is 12.9. The highest BCUT2D eigenvalue weighted by atomic mass is 16.5. The molecular weight excluding hydrogens is 302 g/mol. The fourth-order valence-corrected chi connectivity index (χ4v) is 3.45. The van der Waals surface area contributed by atoms with Gasteiger partial charge in [-0.05, 0) is 31.9 Å². The molecule has 1 fully saturated rings. The average molecular weight is 327 g/mol. The average Bonchev–Trinajstić information content (AvgIpc) is 3.13. The minimum absolute atomic E-state index is 0.0195. The number of amides is 1. The summed E-state index contributed by atoms with van der Waals surface area (Å²) in [6, 6.07) is 8.10. The number of rotatable bonds is 4. The van der Waals surface area contributed by atoms with Crippen LogP contribution < -0.4 is 4.74 Å². The van der Waals surface area contributed by atoms with Crippen molar-refractivity contribution in [3.63, 3.8) is 0 Å². The zero-order valence-corrected chi connectivity index (χ0v) is 14.4. The van der Waals surface area contributed by atoms with Crippen molar-refractivity contribution >= 4 is 6.03 Å². The number of hydrogen-bond donors (Lipinski definition) is 0. The lowest BCUT2D eigenvalue weighted by molar-refractivity contribution is 0.161. The Labute approximate surface area is 143 Å². The molecule has 0 spiro atoms. The Bertz CT molecular complexity index is 689. The monoisotopic (exact) mass is 327 g/mol. The number of carbonyl (C=O) groups is 1. The highest BCUT2D eigenvalue weighted by Crippen LogP contribution is 2.25. The van der Waals surface area contributed by atoms with Crippen LogP contribution >= 0.6 is 0 Å². The number of nitrogens with zero attached hydrogens (tertiary/aromatic N) is 3. The molecule has 0 unspecified atom stereocenters. The van der Waals surface area contributed by atoms with E-state index in [1.54, 1.807) is 18.0 Å². The minimum atomic E-state index is 0.0195. The Balaban J connectivity index is 1.79. The summed E-state index contributed by atoms with van der Waals surface area (Å²) in [6.07, 6.45) is 9.35. The van der Waals surface area contributed by atoms with Crippen LogP contribution in [0.4, 0.5) is 4.79 Å². The van der Waals surface area contributed by atoms with Gasteiger partial charge in [0.25, 0.3) is 0 Å². The third-order valence-corrected chi connectivity index (χ3v) is 4.77. The van der Waals surface area contributed by atoms with Crippen molar-refractivity contribution in [3.8, 4) is 17.0 Å². The van der Waals surface area contributed by atoms with E-state index in [4.69, 9.17) is 4.74 Å². The maximum Gasteiger partial charge on any atom is 0.329 e. The van der Waals surface area contributed by atoms with Crippen molar-refractivity contribution in [2.75, 3.05) is 13.7 Å². The first-order chi connectivity index (χ1) is 11.7. The standard InChI is InChI=1S/C19H25N3O2/c1-3-22(16-9-5-4-6-10-16)19(23)21-13-18(20-14-21)15-8-7-11-17(12-15)24-2/h7-8,11-14,16H,3-6,9-10H2,1-2H3. The highest BCUT2D eigenvalue weighted by Gasteiger charge is 2.25. The van der Waals surface area contributed by atoms with Gasteiger partial charge in [0, 0.05) is 24.3 Å². The summed E-state index contributed by atoms with van der Waals surface area (Å²) >= 11 is 0. The Morgan fingerprint density at radius 3 is 2.83 bits per heavy atom. The number of ether oxygens (including phenoxy) is 1. The van der Waals surface area contributed by atoms with Crippen LogP contribution in [-0.2, 0) is 0 Å². The van der Waals surface area contributed by atoms with Crippen molar-refractivity contribution in [2.24, 2.45) is 0 Å². The van der Waals surface area contributed by atoms with Gasteiger partial charge in [-0.3, -0.25) is 4.57 Å². The van der Waals surface area contributed by atoms with Crippen molar-refractivity contribution in [3.05, 3.63) is 36.8 Å². The molecule has 3 rings (SSSR count). The molecule has 128 valence electrons. The van der Waals surface area contributed by atoms with Gasteiger partial charge in [-0.15, -0.1) is 0 Å². The molecule has 1 aliphatic carbocycles. The Hall–Kier alpha value is -2.30. The Morgan fingerprint density at radius 1 is 1.33 bits per heavy atom. The molecule has 1 aromatic carbocycles. The van der Waals surface area contributed by atoms with Crippen LogP contribution in [0.25, 0.3) is 11.3 Å². The highest BCUT2D eigenvalue weighted by molar-refractivity contribution is 5.78. The SMILES string of the molecule is CCN(C(=O)n1cnc(-c2cccc(OC)c2)c1)C1CCCCC1. The van der Waals surface area contributed by atoms with E-state index in [1.807, 2.05) is 42.3 Å². The quantitative estimate of drug-likeness (QED) is 0.846. The number of benzene rings is 1. The molecule has 5 heteroatoms. The molecule has 2 aromatic rings. The van der Waals surface area contributed by atoms with E-state index >= 15 is 0 Å². The van der Waals surface area contributed by atoms with Crippen molar-refractivity contribution in [1.29, 1.82) is 0 Å². The smallest absolute Gasteiger partial charge is 0.329 e. The first-order valence-corrected chi connectivity index (χ1v) is 8.72. The van der Waals surface area contributed by atoms with Crippen LogP contribution in [0.15, 0.2) is 36.8 Å². The molecule has 0 aliphatic heterocycles. The van der Waals surface area contributed by atoms with E-state index in [0.717, 1.165) is 36.4 Å². The molecule has 0 N–H and O–H groups in total. The molecule has 1 saturated carbocycles. The van der Waals surface area contributed by atoms with E-state index in [-0.39, 0.29) is 6.03 Å². The summed E-state index contributed by atoms with van der Waals surface area (Å²) in [6.45, 7) is 2.78. The van der Waals surface area contributed by atoms with Crippen LogP contribution in [-0.4, -0.2) is 40.2 Å². The second-order valence-electron chi connectivity index (χ2n) is 6.26. The molecule has 0 atom stereocenters. The van der Waals surface area contributed by atoms with Gasteiger partial charge in [-0.2, -0.15) is 0 Å². The molecular formula is C19H25N3O2. The number of hydrogen-bond acceptors (Lipinski definition) is 3. The topological polar surface area (TPSA) is 47.4 Å². The Kier molecular flexibility index (Phi) is 5.18. The lowest BCUT2D eigenvalue weighted by atomic mass is 9.94. The second-order valence-corrected chi connectivity index (χ2v) is 6.26. The fourth-order valence-electron chi connectivity index (χ4n) is 3.45. The molecule has 24 heavy (non-hydrogen) atoms. The summed E-state index contributed by atoms with van der Waals surface area (Å²) in [5.41, 5.74) is 1.73. The summed E-state index contributed by atoms with van der Waals surface area (Å²) in [4.78, 5) is 19.3. The van der Waals surface area contributed by atoms with E-state index in [9.17, 15) is 4.79 Å². The van der Waals surface area contributed by atoms with E-state index < -0.39 is 0 Å². The maximum absolute atomic E-state index is 12.9. The molecule has 0 radical (unpaired) electrons. The zero-order valence-electron chi connectivity index (χ0n) is 14.4. The lowest BCUT2D eigenvalue weighted by Gasteiger charge is -2.33. The molecule has 1 aromatic heterocycles. The van der Waals surface area contributed by atoms with Crippen LogP contribution in [0.3, 0.4) is 0 Å².